The molecule has 1 aliphatic heterocycles. The second-order valence-electron chi connectivity index (χ2n) is 5.82. The molecule has 2 heterocycles. The average Bonchev–Trinajstić information content (AvgIpc) is 2.45. The molecule has 0 unspecified atom stereocenters. The van der Waals surface area contributed by atoms with Crippen molar-refractivity contribution in [3.05, 3.63) is 23.9 Å². The summed E-state index contributed by atoms with van der Waals surface area (Å²) in [5.41, 5.74) is -0.823. The number of hydrogen-bond acceptors (Lipinski definition) is 3. The number of pyridine rings is 1. The third kappa shape index (κ3) is 4.33. The van der Waals surface area contributed by atoms with Crippen LogP contribution in [0.4, 0.5) is 19.0 Å². The van der Waals surface area contributed by atoms with Gasteiger partial charge in [0.05, 0.1) is 0 Å². The Kier molecular flexibility index (Phi) is 5.08. The van der Waals surface area contributed by atoms with Gasteiger partial charge >= 0.3 is 6.18 Å². The van der Waals surface area contributed by atoms with Crippen molar-refractivity contribution in [2.45, 2.75) is 38.9 Å². The van der Waals surface area contributed by atoms with E-state index in [1.807, 2.05) is 18.7 Å². The first kappa shape index (κ1) is 16.1. The zero-order valence-electron chi connectivity index (χ0n) is 12.5. The zero-order valence-corrected chi connectivity index (χ0v) is 12.5. The minimum atomic E-state index is -4.40. The Hall–Kier alpha value is -1.30. The highest BCUT2D eigenvalue weighted by molar-refractivity contribution is 5.40. The molecule has 6 heteroatoms. The lowest BCUT2D eigenvalue weighted by atomic mass is 9.97. The van der Waals surface area contributed by atoms with Crippen molar-refractivity contribution >= 4 is 5.82 Å². The molecule has 118 valence electrons. The summed E-state index contributed by atoms with van der Waals surface area (Å²) in [7, 11) is 0. The molecule has 0 atom stereocenters. The van der Waals surface area contributed by atoms with Crippen molar-refractivity contribution in [1.82, 2.24) is 10.3 Å². The minimum absolute atomic E-state index is 0.121. The molecular formula is C15H22F3N3. The Labute approximate surface area is 123 Å². The van der Waals surface area contributed by atoms with Gasteiger partial charge in [0.25, 0.3) is 0 Å². The summed E-state index contributed by atoms with van der Waals surface area (Å²) in [5.74, 6) is 0.920. The van der Waals surface area contributed by atoms with Gasteiger partial charge in [0.15, 0.2) is 0 Å². The SMILES string of the molecule is CC(C)N(CC1CCNCC1)c1cccc(C(F)(F)F)n1. The van der Waals surface area contributed by atoms with E-state index in [1.165, 1.54) is 6.07 Å². The molecule has 21 heavy (non-hydrogen) atoms. The molecule has 1 aliphatic rings. The normalized spacial score (nSPS) is 17.2. The molecule has 0 aromatic carbocycles. The van der Waals surface area contributed by atoms with Crippen molar-refractivity contribution in [3.8, 4) is 0 Å². The van der Waals surface area contributed by atoms with Crippen LogP contribution in [-0.2, 0) is 6.18 Å². The van der Waals surface area contributed by atoms with E-state index in [4.69, 9.17) is 0 Å². The fourth-order valence-electron chi connectivity index (χ4n) is 2.65. The van der Waals surface area contributed by atoms with Crippen LogP contribution in [0, 0.1) is 5.92 Å². The van der Waals surface area contributed by atoms with E-state index in [2.05, 4.69) is 10.3 Å². The van der Waals surface area contributed by atoms with E-state index >= 15 is 0 Å². The van der Waals surface area contributed by atoms with E-state index in [1.54, 1.807) is 6.07 Å². The highest BCUT2D eigenvalue weighted by atomic mass is 19.4. The summed E-state index contributed by atoms with van der Waals surface area (Å²) in [5, 5.41) is 3.30. The van der Waals surface area contributed by atoms with Crippen molar-refractivity contribution in [3.63, 3.8) is 0 Å². The molecule has 1 fully saturated rings. The summed E-state index contributed by atoms with van der Waals surface area (Å²) >= 11 is 0. The zero-order chi connectivity index (χ0) is 15.5. The first-order valence-electron chi connectivity index (χ1n) is 7.39. The summed E-state index contributed by atoms with van der Waals surface area (Å²) in [6.07, 6.45) is -2.28. The Morgan fingerprint density at radius 2 is 1.95 bits per heavy atom. The number of hydrogen-bond donors (Lipinski definition) is 1. The fourth-order valence-corrected chi connectivity index (χ4v) is 2.65. The van der Waals surface area contributed by atoms with Crippen LogP contribution in [0.2, 0.25) is 0 Å². The number of anilines is 1. The smallest absolute Gasteiger partial charge is 0.354 e. The van der Waals surface area contributed by atoms with E-state index in [9.17, 15) is 13.2 Å². The molecular weight excluding hydrogens is 279 g/mol. The van der Waals surface area contributed by atoms with Gasteiger partial charge < -0.3 is 10.2 Å². The number of nitrogens with one attached hydrogen (secondary N) is 1. The van der Waals surface area contributed by atoms with Crippen LogP contribution in [0.15, 0.2) is 18.2 Å². The molecule has 1 saturated heterocycles. The Bertz CT molecular complexity index is 454. The van der Waals surface area contributed by atoms with Gasteiger partial charge in [0, 0.05) is 12.6 Å². The lowest BCUT2D eigenvalue weighted by molar-refractivity contribution is -0.141. The molecule has 0 spiro atoms. The molecule has 1 aromatic rings. The summed E-state index contributed by atoms with van der Waals surface area (Å²) in [6, 6.07) is 4.24. The van der Waals surface area contributed by atoms with Crippen molar-refractivity contribution in [1.29, 1.82) is 0 Å². The van der Waals surface area contributed by atoms with Gasteiger partial charge in [-0.05, 0) is 57.8 Å². The monoisotopic (exact) mass is 301 g/mol. The third-order valence-corrected chi connectivity index (χ3v) is 3.86. The molecule has 0 radical (unpaired) electrons. The number of alkyl halides is 3. The highest BCUT2D eigenvalue weighted by Crippen LogP contribution is 2.29. The van der Waals surface area contributed by atoms with Crippen molar-refractivity contribution < 1.29 is 13.2 Å². The van der Waals surface area contributed by atoms with Gasteiger partial charge in [0.2, 0.25) is 0 Å². The quantitative estimate of drug-likeness (QED) is 0.925. The molecule has 0 saturated carbocycles. The number of halogens is 3. The second kappa shape index (κ2) is 6.64. The van der Waals surface area contributed by atoms with Crippen molar-refractivity contribution in [2.75, 3.05) is 24.5 Å². The topological polar surface area (TPSA) is 28.2 Å². The van der Waals surface area contributed by atoms with Crippen LogP contribution in [0.3, 0.4) is 0 Å². The fraction of sp³-hybridized carbons (Fsp3) is 0.667. The van der Waals surface area contributed by atoms with Gasteiger partial charge in [-0.25, -0.2) is 4.98 Å². The van der Waals surface area contributed by atoms with Gasteiger partial charge in [-0.3, -0.25) is 0 Å². The summed E-state index contributed by atoms with van der Waals surface area (Å²) in [6.45, 7) is 6.69. The Morgan fingerprint density at radius 3 is 2.52 bits per heavy atom. The van der Waals surface area contributed by atoms with Crippen molar-refractivity contribution in [2.24, 2.45) is 5.92 Å². The summed E-state index contributed by atoms with van der Waals surface area (Å²) < 4.78 is 38.4. The summed E-state index contributed by atoms with van der Waals surface area (Å²) in [4.78, 5) is 5.79. The predicted molar refractivity (Wildman–Crippen MR) is 77.3 cm³/mol. The van der Waals surface area contributed by atoms with Crippen LogP contribution >= 0.6 is 0 Å². The van der Waals surface area contributed by atoms with Crippen LogP contribution < -0.4 is 10.2 Å². The van der Waals surface area contributed by atoms with E-state index in [0.29, 0.717) is 11.7 Å². The van der Waals surface area contributed by atoms with Crippen LogP contribution in [0.1, 0.15) is 32.4 Å². The number of piperidine rings is 1. The Balaban J connectivity index is 2.17. The van der Waals surface area contributed by atoms with Crippen LogP contribution in [0.25, 0.3) is 0 Å². The van der Waals surface area contributed by atoms with Crippen LogP contribution in [-0.4, -0.2) is 30.7 Å². The van der Waals surface area contributed by atoms with Crippen LogP contribution in [0.5, 0.6) is 0 Å². The molecule has 2 rings (SSSR count). The first-order valence-corrected chi connectivity index (χ1v) is 7.39. The maximum Gasteiger partial charge on any atom is 0.433 e. The second-order valence-corrected chi connectivity index (χ2v) is 5.82. The predicted octanol–water partition coefficient (Wildman–Crippen LogP) is 3.31. The molecule has 3 nitrogen and oxygen atoms in total. The molecule has 1 N–H and O–H groups in total. The standard InChI is InChI=1S/C15H22F3N3/c1-11(2)21(10-12-6-8-19-9-7-12)14-5-3-4-13(20-14)15(16,17)18/h3-5,11-12,19H,6-10H2,1-2H3. The number of nitrogens with zero attached hydrogens (tertiary/aromatic N) is 2. The molecule has 0 amide bonds. The first-order chi connectivity index (χ1) is 9.88. The molecule has 0 bridgehead atoms. The van der Waals surface area contributed by atoms with E-state index in [-0.39, 0.29) is 6.04 Å². The largest absolute Gasteiger partial charge is 0.433 e. The lowest BCUT2D eigenvalue weighted by Gasteiger charge is -2.34. The maximum atomic E-state index is 12.8. The molecule has 1 aromatic heterocycles. The third-order valence-electron chi connectivity index (χ3n) is 3.86. The Morgan fingerprint density at radius 1 is 1.29 bits per heavy atom. The minimum Gasteiger partial charge on any atom is -0.354 e. The number of rotatable bonds is 4. The van der Waals surface area contributed by atoms with Gasteiger partial charge in [-0.15, -0.1) is 0 Å². The van der Waals surface area contributed by atoms with E-state index in [0.717, 1.165) is 38.5 Å². The average molecular weight is 301 g/mol. The highest BCUT2D eigenvalue weighted by Gasteiger charge is 2.33. The van der Waals surface area contributed by atoms with Gasteiger partial charge in [0.1, 0.15) is 11.5 Å². The molecule has 0 aliphatic carbocycles. The van der Waals surface area contributed by atoms with Gasteiger partial charge in [-0.1, -0.05) is 6.07 Å². The lowest BCUT2D eigenvalue weighted by Crippen LogP contribution is -2.40. The van der Waals surface area contributed by atoms with E-state index < -0.39 is 11.9 Å². The number of aromatic nitrogens is 1. The van der Waals surface area contributed by atoms with Gasteiger partial charge in [-0.2, -0.15) is 13.2 Å². The maximum absolute atomic E-state index is 12.8.